The van der Waals surface area contributed by atoms with Crippen LogP contribution in [-0.4, -0.2) is 40.4 Å². The molecule has 2 fully saturated rings. The van der Waals surface area contributed by atoms with E-state index in [2.05, 4.69) is 21.3 Å². The average molecular weight is 354 g/mol. The van der Waals surface area contributed by atoms with Crippen molar-refractivity contribution in [3.05, 3.63) is 12.3 Å². The third kappa shape index (κ3) is 3.10. The van der Waals surface area contributed by atoms with E-state index >= 15 is 0 Å². The van der Waals surface area contributed by atoms with Gasteiger partial charge in [0.1, 0.15) is 5.82 Å². The summed E-state index contributed by atoms with van der Waals surface area (Å²) in [7, 11) is 0. The van der Waals surface area contributed by atoms with Crippen molar-refractivity contribution in [2.24, 2.45) is 5.92 Å². The van der Waals surface area contributed by atoms with Gasteiger partial charge in [-0.2, -0.15) is 10.4 Å². The van der Waals surface area contributed by atoms with Crippen molar-refractivity contribution < 1.29 is 9.53 Å². The summed E-state index contributed by atoms with van der Waals surface area (Å²) in [5, 5.41) is 17.7. The summed E-state index contributed by atoms with van der Waals surface area (Å²) >= 11 is 0. The Balaban J connectivity index is 1.77. The van der Waals surface area contributed by atoms with Crippen LogP contribution in [0, 0.1) is 17.2 Å². The molecule has 1 amide bonds. The molecule has 1 unspecified atom stereocenters. The van der Waals surface area contributed by atoms with Crippen molar-refractivity contribution in [3.8, 4) is 6.07 Å². The van der Waals surface area contributed by atoms with E-state index in [0.717, 1.165) is 55.6 Å². The van der Waals surface area contributed by atoms with Crippen LogP contribution in [0.4, 0.5) is 11.6 Å². The van der Waals surface area contributed by atoms with Crippen molar-refractivity contribution in [2.45, 2.75) is 38.8 Å². The van der Waals surface area contributed by atoms with Crippen LogP contribution in [0.5, 0.6) is 0 Å². The lowest BCUT2D eigenvalue weighted by Crippen LogP contribution is -2.22. The highest BCUT2D eigenvalue weighted by Crippen LogP contribution is 2.34. The summed E-state index contributed by atoms with van der Waals surface area (Å²) in [5.41, 5.74) is 0.894. The minimum absolute atomic E-state index is 0.0349. The summed E-state index contributed by atoms with van der Waals surface area (Å²) in [6.45, 7) is 3.68. The van der Waals surface area contributed by atoms with E-state index in [0.29, 0.717) is 12.4 Å². The van der Waals surface area contributed by atoms with Gasteiger partial charge in [-0.05, 0) is 25.7 Å². The molecule has 136 valence electrons. The van der Waals surface area contributed by atoms with Gasteiger partial charge in [0.05, 0.1) is 22.9 Å². The van der Waals surface area contributed by atoms with Crippen LogP contribution >= 0.6 is 0 Å². The maximum Gasteiger partial charge on any atom is 0.222 e. The fourth-order valence-corrected chi connectivity index (χ4v) is 3.69. The molecule has 2 saturated heterocycles. The molecule has 0 bridgehead atoms. The van der Waals surface area contributed by atoms with E-state index in [1.54, 1.807) is 6.20 Å². The number of hydrogen-bond donors (Lipinski definition) is 1. The van der Waals surface area contributed by atoms with Crippen molar-refractivity contribution in [1.29, 1.82) is 5.26 Å². The largest absolute Gasteiger partial charge is 0.356 e. The number of carbonyl (C=O) groups is 1. The number of carbonyl (C=O) groups excluding carboxylic acids is 1. The Morgan fingerprint density at radius 3 is 3.00 bits per heavy atom. The summed E-state index contributed by atoms with van der Waals surface area (Å²) in [4.78, 5) is 17.9. The Labute approximate surface area is 151 Å². The molecule has 0 aromatic carbocycles. The Kier molecular flexibility index (Phi) is 4.47. The maximum atomic E-state index is 11.4. The predicted molar refractivity (Wildman–Crippen MR) is 96.6 cm³/mol. The van der Waals surface area contributed by atoms with E-state index in [1.165, 1.54) is 6.92 Å². The number of rotatable bonds is 3. The Morgan fingerprint density at radius 1 is 1.42 bits per heavy atom. The number of nitriles is 1. The molecule has 2 aliphatic rings. The van der Waals surface area contributed by atoms with Gasteiger partial charge in [-0.3, -0.25) is 4.79 Å². The number of nitrogens with zero attached hydrogens (tertiary/aromatic N) is 5. The standard InChI is InChI=1S/C18H22N6O2/c1-12(25)21-16-8-15-14(10-20-16)18(23-6-5-13(9-19)11-23)22-24(15)17-4-2-3-7-26-17/h8,10,13,17H,2-7,11H2,1H3,(H,20,21,25)/t13-,17?/m1/s1. The van der Waals surface area contributed by atoms with E-state index in [1.807, 2.05) is 10.7 Å². The molecular formula is C18H22N6O2. The molecule has 2 atom stereocenters. The fourth-order valence-electron chi connectivity index (χ4n) is 3.69. The molecule has 8 nitrogen and oxygen atoms in total. The van der Waals surface area contributed by atoms with Gasteiger partial charge >= 0.3 is 0 Å². The first-order valence-electron chi connectivity index (χ1n) is 9.07. The summed E-state index contributed by atoms with van der Waals surface area (Å²) < 4.78 is 7.85. The molecular weight excluding hydrogens is 332 g/mol. The number of aromatic nitrogens is 3. The Hall–Kier alpha value is -2.66. The number of amides is 1. The van der Waals surface area contributed by atoms with Gasteiger partial charge in [0.15, 0.2) is 12.0 Å². The summed E-state index contributed by atoms with van der Waals surface area (Å²) in [5.74, 6) is 1.22. The second-order valence-corrected chi connectivity index (χ2v) is 6.92. The van der Waals surface area contributed by atoms with Gasteiger partial charge in [0.25, 0.3) is 0 Å². The molecule has 2 aromatic rings. The third-order valence-electron chi connectivity index (χ3n) is 4.98. The Bertz CT molecular complexity index is 864. The van der Waals surface area contributed by atoms with Crippen LogP contribution in [0.2, 0.25) is 0 Å². The molecule has 0 spiro atoms. The van der Waals surface area contributed by atoms with Crippen molar-refractivity contribution in [3.63, 3.8) is 0 Å². The number of pyridine rings is 1. The zero-order chi connectivity index (χ0) is 18.1. The normalized spacial score (nSPS) is 23.2. The van der Waals surface area contributed by atoms with E-state index in [4.69, 9.17) is 9.84 Å². The van der Waals surface area contributed by atoms with Gasteiger partial charge in [0, 0.05) is 38.9 Å². The molecule has 4 heterocycles. The number of nitrogens with one attached hydrogen (secondary N) is 1. The van der Waals surface area contributed by atoms with Gasteiger partial charge in [0.2, 0.25) is 5.91 Å². The van der Waals surface area contributed by atoms with E-state index in [9.17, 15) is 10.1 Å². The second kappa shape index (κ2) is 6.92. The number of ether oxygens (including phenoxy) is 1. The molecule has 1 N–H and O–H groups in total. The zero-order valence-electron chi connectivity index (χ0n) is 14.8. The van der Waals surface area contributed by atoms with Gasteiger partial charge in [-0.25, -0.2) is 9.67 Å². The number of fused-ring (bicyclic) bond motifs is 1. The summed E-state index contributed by atoms with van der Waals surface area (Å²) in [6, 6.07) is 4.20. The monoisotopic (exact) mass is 354 g/mol. The van der Waals surface area contributed by atoms with Crippen LogP contribution in [0.25, 0.3) is 10.9 Å². The fraction of sp³-hybridized carbons (Fsp3) is 0.556. The molecule has 0 aliphatic carbocycles. The Morgan fingerprint density at radius 2 is 2.31 bits per heavy atom. The first-order chi connectivity index (χ1) is 12.7. The molecule has 4 rings (SSSR count). The van der Waals surface area contributed by atoms with Crippen LogP contribution in [-0.2, 0) is 9.53 Å². The quantitative estimate of drug-likeness (QED) is 0.909. The van der Waals surface area contributed by atoms with Crippen molar-refractivity contribution in [2.75, 3.05) is 29.9 Å². The first kappa shape index (κ1) is 16.8. The van der Waals surface area contributed by atoms with Crippen LogP contribution in [0.1, 0.15) is 38.8 Å². The molecule has 2 aromatic heterocycles. The smallest absolute Gasteiger partial charge is 0.222 e. The molecule has 2 aliphatic heterocycles. The predicted octanol–water partition coefficient (Wildman–Crippen LogP) is 2.44. The highest BCUT2D eigenvalue weighted by molar-refractivity contribution is 5.94. The van der Waals surface area contributed by atoms with Gasteiger partial charge < -0.3 is 15.0 Å². The maximum absolute atomic E-state index is 11.4. The van der Waals surface area contributed by atoms with Crippen molar-refractivity contribution >= 4 is 28.4 Å². The minimum Gasteiger partial charge on any atom is -0.356 e. The van der Waals surface area contributed by atoms with Crippen LogP contribution < -0.4 is 10.2 Å². The van der Waals surface area contributed by atoms with Gasteiger partial charge in [-0.1, -0.05) is 0 Å². The van der Waals surface area contributed by atoms with E-state index < -0.39 is 0 Å². The molecule has 8 heteroatoms. The number of anilines is 2. The van der Waals surface area contributed by atoms with Gasteiger partial charge in [-0.15, -0.1) is 0 Å². The number of hydrogen-bond acceptors (Lipinski definition) is 6. The molecule has 0 radical (unpaired) electrons. The lowest BCUT2D eigenvalue weighted by molar-refractivity contribution is -0.114. The van der Waals surface area contributed by atoms with Crippen LogP contribution in [0.15, 0.2) is 12.3 Å². The minimum atomic E-state index is -0.159. The topological polar surface area (TPSA) is 96.1 Å². The zero-order valence-corrected chi connectivity index (χ0v) is 14.8. The highest BCUT2D eigenvalue weighted by Gasteiger charge is 2.28. The average Bonchev–Trinajstić information content (AvgIpc) is 3.26. The molecule has 0 saturated carbocycles. The SMILES string of the molecule is CC(=O)Nc1cc2c(cn1)c(N1CC[C@H](C#N)C1)nn2C1CCCCO1. The highest BCUT2D eigenvalue weighted by atomic mass is 16.5. The third-order valence-corrected chi connectivity index (χ3v) is 4.98. The lowest BCUT2D eigenvalue weighted by atomic mass is 10.1. The van der Waals surface area contributed by atoms with Crippen LogP contribution in [0.3, 0.4) is 0 Å². The molecule has 26 heavy (non-hydrogen) atoms. The van der Waals surface area contributed by atoms with Crippen molar-refractivity contribution in [1.82, 2.24) is 14.8 Å². The first-order valence-corrected chi connectivity index (χ1v) is 9.07. The van der Waals surface area contributed by atoms with E-state index in [-0.39, 0.29) is 18.1 Å². The lowest BCUT2D eigenvalue weighted by Gasteiger charge is -2.23. The second-order valence-electron chi connectivity index (χ2n) is 6.92. The summed E-state index contributed by atoms with van der Waals surface area (Å²) in [6.07, 6.45) is 5.57.